The maximum absolute atomic E-state index is 5.93. The van der Waals surface area contributed by atoms with Gasteiger partial charge in [0.2, 0.25) is 0 Å². The van der Waals surface area contributed by atoms with Crippen molar-refractivity contribution >= 4 is 12.0 Å². The Morgan fingerprint density at radius 3 is 3.19 bits per heavy atom. The normalized spacial score (nSPS) is 18.3. The predicted molar refractivity (Wildman–Crippen MR) is 63.5 cm³/mol. The summed E-state index contributed by atoms with van der Waals surface area (Å²) < 4.78 is 0. The van der Waals surface area contributed by atoms with Crippen LogP contribution in [0, 0.1) is 0 Å². The second-order valence-electron chi connectivity index (χ2n) is 3.88. The molecular weight excluding hydrogens is 202 g/mol. The number of aliphatic imine (C=N–C) groups is 1. The van der Waals surface area contributed by atoms with Crippen LogP contribution in [0.4, 0.5) is 5.82 Å². The van der Waals surface area contributed by atoms with Crippen LogP contribution in [0.15, 0.2) is 34.6 Å². The first-order chi connectivity index (χ1) is 7.75. The highest BCUT2D eigenvalue weighted by Gasteiger charge is 2.12. The molecule has 0 fully saturated rings. The molecule has 0 unspecified atom stereocenters. The van der Waals surface area contributed by atoms with Crippen LogP contribution in [0.2, 0.25) is 0 Å². The number of likely N-dealkylation sites (N-methyl/N-ethyl adjacent to an activating group) is 1. The summed E-state index contributed by atoms with van der Waals surface area (Å²) in [7, 11) is 2.07. The van der Waals surface area contributed by atoms with Crippen molar-refractivity contribution in [2.75, 3.05) is 20.1 Å². The summed E-state index contributed by atoms with van der Waals surface area (Å²) in [6, 6.07) is 3.62. The van der Waals surface area contributed by atoms with E-state index in [0.717, 1.165) is 30.8 Å². The third kappa shape index (κ3) is 2.64. The minimum absolute atomic E-state index is 0.607. The maximum atomic E-state index is 5.93. The lowest BCUT2D eigenvalue weighted by Crippen LogP contribution is -2.30. The van der Waals surface area contributed by atoms with Crippen LogP contribution < -0.4 is 5.73 Å². The molecule has 0 amide bonds. The smallest absolute Gasteiger partial charge is 0.174 e. The third-order valence-electron chi connectivity index (χ3n) is 2.53. The molecule has 0 bridgehead atoms. The molecule has 0 saturated heterocycles. The van der Waals surface area contributed by atoms with Crippen molar-refractivity contribution in [3.63, 3.8) is 0 Å². The van der Waals surface area contributed by atoms with Crippen molar-refractivity contribution in [3.05, 3.63) is 29.6 Å². The van der Waals surface area contributed by atoms with E-state index in [1.54, 1.807) is 12.4 Å². The van der Waals surface area contributed by atoms with Gasteiger partial charge in [-0.05, 0) is 19.2 Å². The van der Waals surface area contributed by atoms with Gasteiger partial charge in [-0.1, -0.05) is 0 Å². The lowest BCUT2D eigenvalue weighted by molar-refractivity contribution is 0.353. The quantitative estimate of drug-likeness (QED) is 0.741. The minimum atomic E-state index is 0.607. The number of nitrogens with two attached hydrogens (primary N) is 1. The number of aromatic nitrogens is 2. The molecule has 2 heterocycles. The van der Waals surface area contributed by atoms with E-state index in [1.807, 2.05) is 12.1 Å². The van der Waals surface area contributed by atoms with Crippen molar-refractivity contribution in [3.8, 4) is 0 Å². The monoisotopic (exact) mass is 217 g/mol. The van der Waals surface area contributed by atoms with Crippen LogP contribution in [-0.2, 0) is 0 Å². The fourth-order valence-corrected chi connectivity index (χ4v) is 1.57. The highest BCUT2D eigenvalue weighted by molar-refractivity contribution is 5.82. The van der Waals surface area contributed by atoms with E-state index in [2.05, 4.69) is 27.1 Å². The summed E-state index contributed by atoms with van der Waals surface area (Å²) in [6.45, 7) is 1.85. The molecule has 1 aliphatic rings. The van der Waals surface area contributed by atoms with Gasteiger partial charge < -0.3 is 10.6 Å². The zero-order chi connectivity index (χ0) is 11.4. The Morgan fingerprint density at radius 2 is 2.44 bits per heavy atom. The summed E-state index contributed by atoms with van der Waals surface area (Å²) in [5.41, 5.74) is 7.92. The van der Waals surface area contributed by atoms with Gasteiger partial charge in [-0.25, -0.2) is 4.99 Å². The van der Waals surface area contributed by atoms with E-state index >= 15 is 0 Å². The summed E-state index contributed by atoms with van der Waals surface area (Å²) in [5.74, 6) is 0.607. The molecule has 0 radical (unpaired) electrons. The first-order valence-electron chi connectivity index (χ1n) is 5.23. The Bertz CT molecular complexity index is 410. The SMILES string of the molecule is CN1CCC(N)=C(C=Nc2cccnn2)C1. The van der Waals surface area contributed by atoms with Crippen LogP contribution in [0.1, 0.15) is 6.42 Å². The fraction of sp³-hybridized carbons (Fsp3) is 0.364. The Morgan fingerprint density at radius 1 is 1.56 bits per heavy atom. The molecule has 2 N–H and O–H groups in total. The van der Waals surface area contributed by atoms with Gasteiger partial charge in [0, 0.05) is 43.2 Å². The highest BCUT2D eigenvalue weighted by atomic mass is 15.1. The minimum Gasteiger partial charge on any atom is -0.402 e. The number of rotatable bonds is 2. The van der Waals surface area contributed by atoms with Gasteiger partial charge in [0.15, 0.2) is 5.82 Å². The molecule has 1 aromatic heterocycles. The summed E-state index contributed by atoms with van der Waals surface area (Å²) in [4.78, 5) is 6.47. The van der Waals surface area contributed by atoms with E-state index < -0.39 is 0 Å². The van der Waals surface area contributed by atoms with Crippen molar-refractivity contribution in [1.82, 2.24) is 15.1 Å². The van der Waals surface area contributed by atoms with Crippen molar-refractivity contribution in [1.29, 1.82) is 0 Å². The van der Waals surface area contributed by atoms with Gasteiger partial charge >= 0.3 is 0 Å². The summed E-state index contributed by atoms with van der Waals surface area (Å²) in [5, 5.41) is 7.64. The van der Waals surface area contributed by atoms with E-state index in [4.69, 9.17) is 5.73 Å². The second kappa shape index (κ2) is 4.85. The van der Waals surface area contributed by atoms with Crippen LogP contribution in [-0.4, -0.2) is 41.4 Å². The molecular formula is C11H15N5. The second-order valence-corrected chi connectivity index (χ2v) is 3.88. The van der Waals surface area contributed by atoms with Gasteiger partial charge in [-0.2, -0.15) is 5.10 Å². The van der Waals surface area contributed by atoms with E-state index in [1.165, 1.54) is 0 Å². The fourth-order valence-electron chi connectivity index (χ4n) is 1.57. The molecule has 0 saturated carbocycles. The molecule has 2 rings (SSSR count). The van der Waals surface area contributed by atoms with E-state index in [-0.39, 0.29) is 0 Å². The van der Waals surface area contributed by atoms with Gasteiger partial charge in [0.05, 0.1) is 0 Å². The summed E-state index contributed by atoms with van der Waals surface area (Å²) in [6.07, 6.45) is 4.31. The largest absolute Gasteiger partial charge is 0.402 e. The number of hydrogen-bond donors (Lipinski definition) is 1. The molecule has 0 spiro atoms. The van der Waals surface area contributed by atoms with Crippen LogP contribution in [0.5, 0.6) is 0 Å². The van der Waals surface area contributed by atoms with Gasteiger partial charge in [-0.15, -0.1) is 5.10 Å². The van der Waals surface area contributed by atoms with Crippen LogP contribution in [0.3, 0.4) is 0 Å². The lowest BCUT2D eigenvalue weighted by Gasteiger charge is -2.23. The molecule has 16 heavy (non-hydrogen) atoms. The Kier molecular flexibility index (Phi) is 3.26. The van der Waals surface area contributed by atoms with Crippen molar-refractivity contribution < 1.29 is 0 Å². The van der Waals surface area contributed by atoms with Crippen molar-refractivity contribution in [2.45, 2.75) is 6.42 Å². The number of nitrogens with zero attached hydrogens (tertiary/aromatic N) is 4. The number of hydrogen-bond acceptors (Lipinski definition) is 5. The molecule has 5 nitrogen and oxygen atoms in total. The first kappa shape index (κ1) is 10.8. The van der Waals surface area contributed by atoms with Gasteiger partial charge in [0.25, 0.3) is 0 Å². The average molecular weight is 217 g/mol. The highest BCUT2D eigenvalue weighted by Crippen LogP contribution is 2.12. The van der Waals surface area contributed by atoms with E-state index in [9.17, 15) is 0 Å². The molecule has 0 aliphatic carbocycles. The zero-order valence-corrected chi connectivity index (χ0v) is 9.30. The Balaban J connectivity index is 2.12. The Labute approximate surface area is 94.7 Å². The molecule has 84 valence electrons. The zero-order valence-electron chi connectivity index (χ0n) is 9.30. The molecule has 1 aliphatic heterocycles. The molecule has 5 heteroatoms. The predicted octanol–water partition coefficient (Wildman–Crippen LogP) is 0.727. The standard InChI is InChI=1S/C11H15N5/c1-16-6-4-10(12)9(8-16)7-13-11-3-2-5-14-15-11/h2-3,5,7H,4,6,8,12H2,1H3. The lowest BCUT2D eigenvalue weighted by atomic mass is 10.1. The van der Waals surface area contributed by atoms with Gasteiger partial charge in [0.1, 0.15) is 0 Å². The van der Waals surface area contributed by atoms with Crippen molar-refractivity contribution in [2.24, 2.45) is 10.7 Å². The molecule has 0 atom stereocenters. The van der Waals surface area contributed by atoms with Crippen LogP contribution in [0.25, 0.3) is 0 Å². The first-order valence-corrected chi connectivity index (χ1v) is 5.23. The topological polar surface area (TPSA) is 67.4 Å². The Hall–Kier alpha value is -1.75. The van der Waals surface area contributed by atoms with E-state index in [0.29, 0.717) is 5.82 Å². The maximum Gasteiger partial charge on any atom is 0.174 e. The molecule has 0 aromatic carbocycles. The third-order valence-corrected chi connectivity index (χ3v) is 2.53. The average Bonchev–Trinajstić information content (AvgIpc) is 2.32. The van der Waals surface area contributed by atoms with Gasteiger partial charge in [-0.3, -0.25) is 0 Å². The summed E-state index contributed by atoms with van der Waals surface area (Å²) >= 11 is 0. The molecule has 1 aromatic rings. The van der Waals surface area contributed by atoms with Crippen LogP contribution >= 0.6 is 0 Å².